The summed E-state index contributed by atoms with van der Waals surface area (Å²) in [6.07, 6.45) is 5.47. The van der Waals surface area contributed by atoms with Gasteiger partial charge in [0.05, 0.1) is 0 Å². The fourth-order valence-electron chi connectivity index (χ4n) is 1.65. The van der Waals surface area contributed by atoms with E-state index in [0.29, 0.717) is 6.04 Å². The molecule has 136 valence electrons. The SMILES string of the molecule is CC.CC1CCCCN1C=O.CCN(C=O)CC.CN.CN. The van der Waals surface area contributed by atoms with Crippen molar-refractivity contribution in [3.63, 3.8) is 0 Å². The molecule has 1 heterocycles. The number of nitrogens with two attached hydrogens (primary N) is 2. The molecule has 0 aromatic heterocycles. The number of amides is 2. The van der Waals surface area contributed by atoms with Crippen molar-refractivity contribution >= 4 is 12.8 Å². The molecule has 1 rings (SSSR count). The van der Waals surface area contributed by atoms with Gasteiger partial charge in [-0.05, 0) is 54.1 Å². The molecular weight excluding hydrogens is 280 g/mol. The van der Waals surface area contributed by atoms with Gasteiger partial charge in [0.2, 0.25) is 12.8 Å². The van der Waals surface area contributed by atoms with Gasteiger partial charge in [-0.2, -0.15) is 0 Å². The van der Waals surface area contributed by atoms with Crippen molar-refractivity contribution in [2.45, 2.75) is 59.9 Å². The van der Waals surface area contributed by atoms with Crippen LogP contribution < -0.4 is 11.5 Å². The van der Waals surface area contributed by atoms with Gasteiger partial charge in [0.25, 0.3) is 0 Å². The van der Waals surface area contributed by atoms with Gasteiger partial charge in [-0.15, -0.1) is 0 Å². The summed E-state index contributed by atoms with van der Waals surface area (Å²) in [4.78, 5) is 23.8. The molecule has 1 unspecified atom stereocenters. The second kappa shape index (κ2) is 28.1. The van der Waals surface area contributed by atoms with Crippen molar-refractivity contribution in [3.8, 4) is 0 Å². The van der Waals surface area contributed by atoms with E-state index in [1.165, 1.54) is 33.4 Å². The number of carbonyl (C=O) groups excluding carboxylic acids is 2. The van der Waals surface area contributed by atoms with E-state index in [9.17, 15) is 9.59 Å². The van der Waals surface area contributed by atoms with Crippen molar-refractivity contribution in [2.75, 3.05) is 33.7 Å². The lowest BCUT2D eigenvalue weighted by molar-refractivity contribution is -0.121. The Morgan fingerprint density at radius 3 is 1.68 bits per heavy atom. The third-order valence-corrected chi connectivity index (χ3v) is 2.95. The second-order valence-electron chi connectivity index (χ2n) is 4.01. The van der Waals surface area contributed by atoms with E-state index in [1.807, 2.05) is 32.6 Å². The van der Waals surface area contributed by atoms with Crippen LogP contribution in [0.3, 0.4) is 0 Å². The fraction of sp³-hybridized carbons (Fsp3) is 0.875. The van der Waals surface area contributed by atoms with Gasteiger partial charge in [0.15, 0.2) is 0 Å². The topological polar surface area (TPSA) is 92.7 Å². The predicted molar refractivity (Wildman–Crippen MR) is 96.6 cm³/mol. The summed E-state index contributed by atoms with van der Waals surface area (Å²) in [6, 6.07) is 0.483. The first-order chi connectivity index (χ1) is 10.7. The zero-order chi connectivity index (χ0) is 18.4. The third kappa shape index (κ3) is 18.9. The van der Waals surface area contributed by atoms with Gasteiger partial charge in [-0.25, -0.2) is 0 Å². The van der Waals surface area contributed by atoms with E-state index in [2.05, 4.69) is 18.4 Å². The number of piperidine rings is 1. The molecule has 1 atom stereocenters. The second-order valence-corrected chi connectivity index (χ2v) is 4.01. The maximum absolute atomic E-state index is 10.3. The van der Waals surface area contributed by atoms with Crippen LogP contribution in [0, 0.1) is 0 Å². The Bertz CT molecular complexity index is 201. The molecule has 6 nitrogen and oxygen atoms in total. The highest BCUT2D eigenvalue weighted by Crippen LogP contribution is 2.13. The highest BCUT2D eigenvalue weighted by molar-refractivity contribution is 5.47. The minimum absolute atomic E-state index is 0.483. The maximum atomic E-state index is 10.3. The number of carbonyl (C=O) groups is 2. The minimum atomic E-state index is 0.483. The predicted octanol–water partition coefficient (Wildman–Crippen LogP) is 1.68. The standard InChI is InChI=1S/C7H13NO.C5H11NO.C2H6.2CH5N/c1-7-4-2-3-5-8(7)6-9;1-3-6(4-2)5-7;3*1-2/h6-7H,2-5H2,1H3;5H,3-4H2,1-2H3;1-2H3;2*2H2,1H3. The molecule has 0 radical (unpaired) electrons. The first kappa shape index (κ1) is 28.9. The van der Waals surface area contributed by atoms with E-state index in [-0.39, 0.29) is 0 Å². The number of hydrogen-bond donors (Lipinski definition) is 2. The molecule has 0 aromatic carbocycles. The van der Waals surface area contributed by atoms with Crippen LogP contribution in [0.25, 0.3) is 0 Å². The van der Waals surface area contributed by atoms with Gasteiger partial charge in [-0.3, -0.25) is 9.59 Å². The fourth-order valence-corrected chi connectivity index (χ4v) is 1.65. The lowest BCUT2D eigenvalue weighted by atomic mass is 10.1. The average molecular weight is 321 g/mol. The van der Waals surface area contributed by atoms with Gasteiger partial charge in [0.1, 0.15) is 0 Å². The lowest BCUT2D eigenvalue weighted by Crippen LogP contribution is -2.35. The normalized spacial score (nSPS) is 15.0. The van der Waals surface area contributed by atoms with Crippen molar-refractivity contribution in [3.05, 3.63) is 0 Å². The highest BCUT2D eigenvalue weighted by atomic mass is 16.1. The van der Waals surface area contributed by atoms with Gasteiger partial charge in [0, 0.05) is 25.7 Å². The first-order valence-corrected chi connectivity index (χ1v) is 8.25. The molecule has 0 spiro atoms. The summed E-state index contributed by atoms with van der Waals surface area (Å²) < 4.78 is 0. The van der Waals surface area contributed by atoms with Crippen LogP contribution in [0.5, 0.6) is 0 Å². The molecule has 0 aliphatic carbocycles. The van der Waals surface area contributed by atoms with Gasteiger partial charge >= 0.3 is 0 Å². The molecule has 1 aliphatic heterocycles. The molecule has 1 saturated heterocycles. The molecule has 22 heavy (non-hydrogen) atoms. The summed E-state index contributed by atoms with van der Waals surface area (Å²) in [5, 5.41) is 0. The largest absolute Gasteiger partial charge is 0.346 e. The molecule has 4 N–H and O–H groups in total. The monoisotopic (exact) mass is 320 g/mol. The van der Waals surface area contributed by atoms with Gasteiger partial charge < -0.3 is 21.3 Å². The van der Waals surface area contributed by atoms with E-state index in [0.717, 1.165) is 32.5 Å². The summed E-state index contributed by atoms with van der Waals surface area (Å²) in [5.74, 6) is 0. The summed E-state index contributed by atoms with van der Waals surface area (Å²) in [6.45, 7) is 12.6. The third-order valence-electron chi connectivity index (χ3n) is 2.95. The van der Waals surface area contributed by atoms with Crippen LogP contribution in [0.2, 0.25) is 0 Å². The molecule has 0 aromatic rings. The quantitative estimate of drug-likeness (QED) is 0.771. The Kier molecular flexibility index (Phi) is 36.9. The van der Waals surface area contributed by atoms with Crippen molar-refractivity contribution in [1.82, 2.24) is 9.80 Å². The van der Waals surface area contributed by atoms with Crippen LogP contribution in [-0.4, -0.2) is 62.4 Å². The molecule has 0 bridgehead atoms. The number of hydrogen-bond acceptors (Lipinski definition) is 4. The molecule has 0 saturated carbocycles. The van der Waals surface area contributed by atoms with Crippen molar-refractivity contribution < 1.29 is 9.59 Å². The van der Waals surface area contributed by atoms with Crippen LogP contribution in [0.4, 0.5) is 0 Å². The summed E-state index contributed by atoms with van der Waals surface area (Å²) in [7, 11) is 3.00. The Hall–Kier alpha value is -1.14. The smallest absolute Gasteiger partial charge is 0.209 e. The summed E-state index contributed by atoms with van der Waals surface area (Å²) in [5.41, 5.74) is 9.00. The van der Waals surface area contributed by atoms with E-state index in [4.69, 9.17) is 0 Å². The summed E-state index contributed by atoms with van der Waals surface area (Å²) >= 11 is 0. The molecule has 1 fully saturated rings. The van der Waals surface area contributed by atoms with Crippen LogP contribution in [-0.2, 0) is 9.59 Å². The zero-order valence-corrected chi connectivity index (χ0v) is 15.8. The molecular formula is C16H40N4O2. The Morgan fingerprint density at radius 2 is 1.50 bits per heavy atom. The van der Waals surface area contributed by atoms with Gasteiger partial charge in [-0.1, -0.05) is 13.8 Å². The Labute approximate surface area is 138 Å². The van der Waals surface area contributed by atoms with Crippen LogP contribution in [0.15, 0.2) is 0 Å². The van der Waals surface area contributed by atoms with E-state index < -0.39 is 0 Å². The average Bonchev–Trinajstić information content (AvgIpc) is 2.63. The molecule has 6 heteroatoms. The number of nitrogens with zero attached hydrogens (tertiary/aromatic N) is 2. The van der Waals surface area contributed by atoms with E-state index >= 15 is 0 Å². The van der Waals surface area contributed by atoms with Crippen molar-refractivity contribution in [2.24, 2.45) is 11.5 Å². The van der Waals surface area contributed by atoms with E-state index in [1.54, 1.807) is 4.90 Å². The Balaban J connectivity index is -0.000000112. The molecule has 2 amide bonds. The maximum Gasteiger partial charge on any atom is 0.209 e. The van der Waals surface area contributed by atoms with Crippen LogP contribution in [0.1, 0.15) is 53.9 Å². The first-order valence-electron chi connectivity index (χ1n) is 8.25. The minimum Gasteiger partial charge on any atom is -0.346 e. The number of likely N-dealkylation sites (tertiary alicyclic amines) is 1. The number of rotatable bonds is 4. The Morgan fingerprint density at radius 1 is 1.05 bits per heavy atom. The van der Waals surface area contributed by atoms with Crippen LogP contribution >= 0.6 is 0 Å². The highest BCUT2D eigenvalue weighted by Gasteiger charge is 2.14. The molecule has 1 aliphatic rings. The zero-order valence-electron chi connectivity index (χ0n) is 15.8. The lowest BCUT2D eigenvalue weighted by Gasteiger charge is -2.29. The van der Waals surface area contributed by atoms with Crippen molar-refractivity contribution in [1.29, 1.82) is 0 Å².